The number of aromatic nitrogens is 2. The molecule has 18 heavy (non-hydrogen) atoms. The van der Waals surface area contributed by atoms with Gasteiger partial charge < -0.3 is 14.6 Å². The minimum atomic E-state index is -0.360. The van der Waals surface area contributed by atoms with Crippen LogP contribution >= 0.6 is 11.3 Å². The van der Waals surface area contributed by atoms with E-state index in [0.29, 0.717) is 19.0 Å². The molecule has 0 spiro atoms. The summed E-state index contributed by atoms with van der Waals surface area (Å²) in [6.07, 6.45) is 0.744. The van der Waals surface area contributed by atoms with Crippen molar-refractivity contribution in [1.29, 1.82) is 0 Å². The molecule has 0 bridgehead atoms. The molecule has 0 aliphatic rings. The van der Waals surface area contributed by atoms with Crippen LogP contribution in [0.5, 0.6) is 0 Å². The molecule has 2 heterocycles. The number of methoxy groups -OCH3 is 1. The summed E-state index contributed by atoms with van der Waals surface area (Å²) in [5, 5.41) is 8.36. The Morgan fingerprint density at radius 2 is 2.50 bits per heavy atom. The van der Waals surface area contributed by atoms with Crippen molar-refractivity contribution in [2.24, 2.45) is 0 Å². The van der Waals surface area contributed by atoms with Gasteiger partial charge >= 0.3 is 11.8 Å². The van der Waals surface area contributed by atoms with Crippen LogP contribution in [-0.4, -0.2) is 36.3 Å². The summed E-state index contributed by atoms with van der Waals surface area (Å²) in [5.41, 5.74) is 0. The molecule has 0 saturated heterocycles. The van der Waals surface area contributed by atoms with E-state index in [-0.39, 0.29) is 11.8 Å². The zero-order valence-electron chi connectivity index (χ0n) is 9.88. The summed E-state index contributed by atoms with van der Waals surface area (Å²) in [6.45, 7) is 1.12. The number of hydrogen-bond donors (Lipinski definition) is 1. The van der Waals surface area contributed by atoms with Crippen LogP contribution < -0.4 is 5.32 Å². The molecule has 0 atom stereocenters. The van der Waals surface area contributed by atoms with Crippen molar-refractivity contribution in [2.75, 3.05) is 20.3 Å². The first-order valence-corrected chi connectivity index (χ1v) is 6.34. The summed E-state index contributed by atoms with van der Waals surface area (Å²) in [6, 6.07) is 3.76. The van der Waals surface area contributed by atoms with E-state index in [2.05, 4.69) is 15.5 Å². The molecular weight excluding hydrogens is 254 g/mol. The third kappa shape index (κ3) is 3.14. The smallest absolute Gasteiger partial charge is 0.316 e. The topological polar surface area (TPSA) is 77.2 Å². The molecule has 0 aliphatic heterocycles. The largest absolute Gasteiger partial charge is 0.385 e. The Hall–Kier alpha value is -1.73. The summed E-state index contributed by atoms with van der Waals surface area (Å²) < 4.78 is 9.79. The molecule has 0 aromatic carbocycles. The van der Waals surface area contributed by atoms with Gasteiger partial charge in [-0.2, -0.15) is 4.98 Å². The molecule has 7 heteroatoms. The Morgan fingerprint density at radius 3 is 3.22 bits per heavy atom. The van der Waals surface area contributed by atoms with E-state index in [0.717, 1.165) is 11.3 Å². The summed E-state index contributed by atoms with van der Waals surface area (Å²) in [7, 11) is 1.62. The van der Waals surface area contributed by atoms with E-state index in [1.165, 1.54) is 11.3 Å². The first kappa shape index (κ1) is 12.7. The molecule has 0 unspecified atom stereocenters. The van der Waals surface area contributed by atoms with E-state index in [9.17, 15) is 4.79 Å². The van der Waals surface area contributed by atoms with Gasteiger partial charge in [0.2, 0.25) is 5.82 Å². The number of amides is 1. The van der Waals surface area contributed by atoms with Crippen molar-refractivity contribution in [3.63, 3.8) is 0 Å². The lowest BCUT2D eigenvalue weighted by atomic mass is 10.4. The second kappa shape index (κ2) is 6.27. The van der Waals surface area contributed by atoms with Crippen LogP contribution in [0, 0.1) is 0 Å². The average molecular weight is 267 g/mol. The Bertz CT molecular complexity index is 495. The zero-order valence-corrected chi connectivity index (χ0v) is 10.7. The highest BCUT2D eigenvalue weighted by Crippen LogP contribution is 2.21. The number of rotatable bonds is 6. The first-order valence-electron chi connectivity index (χ1n) is 5.46. The number of ether oxygens (including phenoxy) is 1. The van der Waals surface area contributed by atoms with Gasteiger partial charge in [0.25, 0.3) is 0 Å². The maximum atomic E-state index is 11.6. The lowest BCUT2D eigenvalue weighted by molar-refractivity contribution is 0.0905. The second-order valence-electron chi connectivity index (χ2n) is 3.50. The van der Waals surface area contributed by atoms with Gasteiger partial charge in [0.15, 0.2) is 0 Å². The monoisotopic (exact) mass is 267 g/mol. The molecule has 0 aliphatic carbocycles. The van der Waals surface area contributed by atoms with Crippen LogP contribution in [-0.2, 0) is 4.74 Å². The predicted octanol–water partition coefficient (Wildman–Crippen LogP) is 1.56. The van der Waals surface area contributed by atoms with Crippen LogP contribution in [0.15, 0.2) is 22.0 Å². The molecule has 1 amide bonds. The number of hydrogen-bond acceptors (Lipinski definition) is 6. The van der Waals surface area contributed by atoms with Gasteiger partial charge in [-0.1, -0.05) is 11.2 Å². The Morgan fingerprint density at radius 1 is 1.61 bits per heavy atom. The zero-order chi connectivity index (χ0) is 12.8. The van der Waals surface area contributed by atoms with E-state index in [4.69, 9.17) is 9.26 Å². The van der Waals surface area contributed by atoms with Crippen LogP contribution in [0.2, 0.25) is 0 Å². The number of nitrogens with zero attached hydrogens (tertiary/aromatic N) is 2. The first-order chi connectivity index (χ1) is 8.81. The Balaban J connectivity index is 1.91. The van der Waals surface area contributed by atoms with Gasteiger partial charge in [0.1, 0.15) is 0 Å². The molecule has 0 radical (unpaired) electrons. The van der Waals surface area contributed by atoms with Gasteiger partial charge in [-0.15, -0.1) is 11.3 Å². The Kier molecular flexibility index (Phi) is 4.43. The van der Waals surface area contributed by atoms with Gasteiger partial charge in [0.05, 0.1) is 4.88 Å². The lowest BCUT2D eigenvalue weighted by Gasteiger charge is -2.00. The molecule has 0 saturated carbocycles. The summed E-state index contributed by atoms with van der Waals surface area (Å²) in [5.74, 6) is 0.0595. The van der Waals surface area contributed by atoms with Gasteiger partial charge in [0, 0.05) is 20.3 Å². The number of carbonyl (C=O) groups is 1. The number of thiophene rings is 1. The van der Waals surface area contributed by atoms with Gasteiger partial charge in [-0.3, -0.25) is 4.79 Å². The summed E-state index contributed by atoms with van der Waals surface area (Å²) in [4.78, 5) is 16.6. The van der Waals surface area contributed by atoms with Crippen LogP contribution in [0.4, 0.5) is 0 Å². The molecule has 0 fully saturated rings. The fourth-order valence-corrected chi connectivity index (χ4v) is 1.96. The van der Waals surface area contributed by atoms with Crippen LogP contribution in [0.25, 0.3) is 10.7 Å². The second-order valence-corrected chi connectivity index (χ2v) is 4.45. The molecule has 2 aromatic rings. The van der Waals surface area contributed by atoms with Gasteiger partial charge in [-0.25, -0.2) is 0 Å². The summed E-state index contributed by atoms with van der Waals surface area (Å²) >= 11 is 1.49. The highest BCUT2D eigenvalue weighted by molar-refractivity contribution is 7.13. The minimum Gasteiger partial charge on any atom is -0.385 e. The quantitative estimate of drug-likeness (QED) is 0.804. The third-order valence-corrected chi connectivity index (χ3v) is 3.04. The third-order valence-electron chi connectivity index (χ3n) is 2.17. The standard InChI is InChI=1S/C11H13N3O3S/c1-16-6-3-5-12-10(15)11-13-9(14-17-11)8-4-2-7-18-8/h2,4,7H,3,5-6H2,1H3,(H,12,15). The minimum absolute atomic E-state index is 0.0178. The van der Waals surface area contributed by atoms with Crippen LogP contribution in [0.3, 0.4) is 0 Å². The fourth-order valence-electron chi connectivity index (χ4n) is 1.32. The molecule has 2 rings (SSSR count). The van der Waals surface area contributed by atoms with Crippen molar-refractivity contribution in [1.82, 2.24) is 15.5 Å². The van der Waals surface area contributed by atoms with Crippen molar-refractivity contribution >= 4 is 17.2 Å². The van der Waals surface area contributed by atoms with E-state index in [1.807, 2.05) is 17.5 Å². The highest BCUT2D eigenvalue weighted by atomic mass is 32.1. The SMILES string of the molecule is COCCCNC(=O)c1nc(-c2cccs2)no1. The van der Waals surface area contributed by atoms with E-state index < -0.39 is 0 Å². The predicted molar refractivity (Wildman–Crippen MR) is 66.4 cm³/mol. The van der Waals surface area contributed by atoms with Crippen LogP contribution in [0.1, 0.15) is 17.1 Å². The van der Waals surface area contributed by atoms with Crippen molar-refractivity contribution in [2.45, 2.75) is 6.42 Å². The maximum absolute atomic E-state index is 11.6. The van der Waals surface area contributed by atoms with Crippen molar-refractivity contribution in [3.05, 3.63) is 23.4 Å². The van der Waals surface area contributed by atoms with E-state index >= 15 is 0 Å². The molecule has 96 valence electrons. The lowest BCUT2D eigenvalue weighted by Crippen LogP contribution is -2.25. The molecule has 6 nitrogen and oxygen atoms in total. The average Bonchev–Trinajstić information content (AvgIpc) is 3.03. The molecule has 2 aromatic heterocycles. The van der Waals surface area contributed by atoms with Gasteiger partial charge in [-0.05, 0) is 17.9 Å². The Labute approximate surface area is 108 Å². The number of carbonyl (C=O) groups excluding carboxylic acids is 1. The van der Waals surface area contributed by atoms with E-state index in [1.54, 1.807) is 7.11 Å². The van der Waals surface area contributed by atoms with Crippen molar-refractivity contribution in [3.8, 4) is 10.7 Å². The molecular formula is C11H13N3O3S. The number of nitrogens with one attached hydrogen (secondary N) is 1. The highest BCUT2D eigenvalue weighted by Gasteiger charge is 2.15. The maximum Gasteiger partial charge on any atom is 0.316 e. The molecule has 1 N–H and O–H groups in total. The fraction of sp³-hybridized carbons (Fsp3) is 0.364. The normalized spacial score (nSPS) is 10.5. The van der Waals surface area contributed by atoms with Crippen molar-refractivity contribution < 1.29 is 14.1 Å².